The predicted molar refractivity (Wildman–Crippen MR) is 121 cm³/mol. The number of amides is 1. The maximum Gasteiger partial charge on any atom is 0.250 e. The van der Waals surface area contributed by atoms with E-state index in [9.17, 15) is 19.8 Å². The van der Waals surface area contributed by atoms with Crippen LogP contribution in [0.15, 0.2) is 66.7 Å². The number of phenols is 2. The van der Waals surface area contributed by atoms with E-state index in [4.69, 9.17) is 11.6 Å². The van der Waals surface area contributed by atoms with Crippen molar-refractivity contribution in [2.75, 3.05) is 18.9 Å². The number of carbonyl (C=O) groups excluding carboxylic acids is 2. The molecule has 3 N–H and O–H groups in total. The molecule has 6 nitrogen and oxygen atoms in total. The van der Waals surface area contributed by atoms with Gasteiger partial charge in [0.15, 0.2) is 17.3 Å². The molecule has 162 valence electrons. The Balaban J connectivity index is 1.75. The SMILES string of the molecule is CN1CC(c2ccc(O)c(O)c2)C(C(=O)c2ccccc2Cl)C12C(=O)Nc1ccccc12. The van der Waals surface area contributed by atoms with Crippen molar-refractivity contribution in [2.45, 2.75) is 11.5 Å². The number of nitrogens with one attached hydrogen (secondary N) is 1. The van der Waals surface area contributed by atoms with Gasteiger partial charge in [0.25, 0.3) is 0 Å². The number of likely N-dealkylation sites (tertiary alicyclic amines) is 1. The van der Waals surface area contributed by atoms with Gasteiger partial charge in [0.2, 0.25) is 5.91 Å². The fourth-order valence-electron chi connectivity index (χ4n) is 5.30. The minimum Gasteiger partial charge on any atom is -0.504 e. The number of nitrogens with zero attached hydrogens (tertiary/aromatic N) is 1. The highest BCUT2D eigenvalue weighted by atomic mass is 35.5. The summed E-state index contributed by atoms with van der Waals surface area (Å²) in [6, 6.07) is 18.7. The van der Waals surface area contributed by atoms with Crippen molar-refractivity contribution < 1.29 is 19.8 Å². The molecule has 3 atom stereocenters. The topological polar surface area (TPSA) is 89.9 Å². The maximum absolute atomic E-state index is 14.1. The van der Waals surface area contributed by atoms with Crippen LogP contribution < -0.4 is 5.32 Å². The number of halogens is 1. The number of para-hydroxylation sites is 1. The second-order valence-corrected chi connectivity index (χ2v) is 8.73. The van der Waals surface area contributed by atoms with Crippen LogP contribution in [0.5, 0.6) is 11.5 Å². The highest BCUT2D eigenvalue weighted by molar-refractivity contribution is 6.34. The molecular formula is C25H21ClN2O4. The molecule has 0 aliphatic carbocycles. The quantitative estimate of drug-likeness (QED) is 0.414. The lowest BCUT2D eigenvalue weighted by Gasteiger charge is -2.35. The Morgan fingerprint density at radius 3 is 2.53 bits per heavy atom. The molecule has 1 amide bonds. The Morgan fingerprint density at radius 1 is 1.06 bits per heavy atom. The molecule has 0 saturated carbocycles. The molecule has 1 saturated heterocycles. The Labute approximate surface area is 190 Å². The summed E-state index contributed by atoms with van der Waals surface area (Å²) in [6.45, 7) is 0.396. The van der Waals surface area contributed by atoms with E-state index in [2.05, 4.69) is 5.32 Å². The summed E-state index contributed by atoms with van der Waals surface area (Å²) in [5.41, 5.74) is 1.19. The molecule has 1 fully saturated rings. The monoisotopic (exact) mass is 448 g/mol. The highest BCUT2D eigenvalue weighted by Gasteiger charge is 2.64. The molecule has 0 radical (unpaired) electrons. The minimum atomic E-state index is -1.23. The molecule has 3 aromatic rings. The van der Waals surface area contributed by atoms with Crippen LogP contribution >= 0.6 is 11.6 Å². The molecule has 1 spiro atoms. The smallest absolute Gasteiger partial charge is 0.250 e. The lowest BCUT2D eigenvalue weighted by molar-refractivity contribution is -0.126. The first-order valence-corrected chi connectivity index (χ1v) is 10.7. The summed E-state index contributed by atoms with van der Waals surface area (Å²) >= 11 is 6.40. The Kier molecular flexibility index (Phi) is 4.73. The zero-order valence-electron chi connectivity index (χ0n) is 17.2. The third-order valence-corrected chi connectivity index (χ3v) is 7.04. The van der Waals surface area contributed by atoms with Gasteiger partial charge in [-0.3, -0.25) is 14.5 Å². The van der Waals surface area contributed by atoms with Gasteiger partial charge in [-0.15, -0.1) is 0 Å². The van der Waals surface area contributed by atoms with Crippen LogP contribution in [0.1, 0.15) is 27.4 Å². The number of fused-ring (bicyclic) bond motifs is 2. The zero-order chi connectivity index (χ0) is 22.6. The molecule has 3 unspecified atom stereocenters. The molecule has 0 bridgehead atoms. The number of Topliss-reactive ketones (excluding diaryl/α,β-unsaturated/α-hetero) is 1. The number of likely N-dealkylation sites (N-methyl/N-ethyl adjacent to an activating group) is 1. The average Bonchev–Trinajstić information content (AvgIpc) is 3.25. The second kappa shape index (κ2) is 7.36. The number of ketones is 1. The van der Waals surface area contributed by atoms with Gasteiger partial charge in [0.05, 0.1) is 10.9 Å². The molecule has 2 aliphatic heterocycles. The summed E-state index contributed by atoms with van der Waals surface area (Å²) in [6.07, 6.45) is 0. The van der Waals surface area contributed by atoms with Crippen LogP contribution in [0.2, 0.25) is 5.02 Å². The Bertz CT molecular complexity index is 1260. The van der Waals surface area contributed by atoms with Crippen molar-refractivity contribution >= 4 is 29.0 Å². The normalized spacial score (nSPS) is 24.5. The van der Waals surface area contributed by atoms with E-state index in [0.29, 0.717) is 28.4 Å². The van der Waals surface area contributed by atoms with E-state index in [-0.39, 0.29) is 23.2 Å². The number of aromatic hydroxyl groups is 2. The van der Waals surface area contributed by atoms with Gasteiger partial charge in [0.1, 0.15) is 5.54 Å². The maximum atomic E-state index is 14.1. The summed E-state index contributed by atoms with van der Waals surface area (Å²) in [7, 11) is 1.83. The van der Waals surface area contributed by atoms with E-state index < -0.39 is 17.4 Å². The van der Waals surface area contributed by atoms with Crippen molar-refractivity contribution in [3.63, 3.8) is 0 Å². The van der Waals surface area contributed by atoms with Crippen LogP contribution in [-0.2, 0) is 10.3 Å². The molecular weight excluding hydrogens is 428 g/mol. The van der Waals surface area contributed by atoms with Gasteiger partial charge in [-0.1, -0.05) is 48.0 Å². The lowest BCUT2D eigenvalue weighted by atomic mass is 9.70. The van der Waals surface area contributed by atoms with Crippen molar-refractivity contribution in [3.8, 4) is 11.5 Å². The highest BCUT2D eigenvalue weighted by Crippen LogP contribution is 2.56. The zero-order valence-corrected chi connectivity index (χ0v) is 18.0. The Morgan fingerprint density at radius 2 is 1.78 bits per heavy atom. The van der Waals surface area contributed by atoms with Crippen molar-refractivity contribution in [1.82, 2.24) is 4.90 Å². The van der Waals surface area contributed by atoms with Crippen molar-refractivity contribution in [1.29, 1.82) is 0 Å². The fourth-order valence-corrected chi connectivity index (χ4v) is 5.52. The first-order valence-electron chi connectivity index (χ1n) is 10.3. The summed E-state index contributed by atoms with van der Waals surface area (Å²) in [5, 5.41) is 23.2. The van der Waals surface area contributed by atoms with Gasteiger partial charge >= 0.3 is 0 Å². The molecule has 7 heteroatoms. The first-order chi connectivity index (χ1) is 15.4. The molecule has 32 heavy (non-hydrogen) atoms. The Hall–Kier alpha value is -3.35. The number of benzene rings is 3. The third-order valence-electron chi connectivity index (χ3n) is 6.71. The molecule has 3 aromatic carbocycles. The van der Waals surface area contributed by atoms with Crippen LogP contribution in [0.4, 0.5) is 5.69 Å². The fraction of sp³-hybridized carbons (Fsp3) is 0.200. The number of rotatable bonds is 3. The van der Waals surface area contributed by atoms with Gasteiger partial charge in [-0.05, 0) is 42.9 Å². The van der Waals surface area contributed by atoms with Crippen LogP contribution in [0, 0.1) is 5.92 Å². The molecule has 5 rings (SSSR count). The summed E-state index contributed by atoms with van der Waals surface area (Å²) in [5.74, 6) is -2.26. The third kappa shape index (κ3) is 2.76. The van der Waals surface area contributed by atoms with Gasteiger partial charge < -0.3 is 15.5 Å². The number of anilines is 1. The largest absolute Gasteiger partial charge is 0.504 e. The lowest BCUT2D eigenvalue weighted by Crippen LogP contribution is -2.51. The van der Waals surface area contributed by atoms with Crippen molar-refractivity contribution in [2.24, 2.45) is 5.92 Å². The van der Waals surface area contributed by atoms with E-state index >= 15 is 0 Å². The second-order valence-electron chi connectivity index (χ2n) is 8.32. The number of phenolic OH excluding ortho intramolecular Hbond substituents is 2. The van der Waals surface area contributed by atoms with Crippen molar-refractivity contribution in [3.05, 3.63) is 88.4 Å². The molecule has 2 aliphatic rings. The molecule has 2 heterocycles. The van der Waals surface area contributed by atoms with E-state index in [1.54, 1.807) is 30.3 Å². The van der Waals surface area contributed by atoms with E-state index in [1.165, 1.54) is 12.1 Å². The molecule has 0 aromatic heterocycles. The predicted octanol–water partition coefficient (Wildman–Crippen LogP) is 4.13. The summed E-state index contributed by atoms with van der Waals surface area (Å²) in [4.78, 5) is 29.5. The number of hydrogen-bond donors (Lipinski definition) is 3. The summed E-state index contributed by atoms with van der Waals surface area (Å²) < 4.78 is 0. The minimum absolute atomic E-state index is 0.243. The van der Waals surface area contributed by atoms with E-state index in [0.717, 1.165) is 5.56 Å². The van der Waals surface area contributed by atoms with Crippen LogP contribution in [-0.4, -0.2) is 40.4 Å². The van der Waals surface area contributed by atoms with E-state index in [1.807, 2.05) is 36.2 Å². The first kappa shape index (κ1) is 20.5. The van der Waals surface area contributed by atoms with Gasteiger partial charge in [-0.25, -0.2) is 0 Å². The van der Waals surface area contributed by atoms with Gasteiger partial charge in [0, 0.05) is 29.3 Å². The average molecular weight is 449 g/mol. The number of hydrogen-bond acceptors (Lipinski definition) is 5. The standard InChI is InChI=1S/C25H21ClN2O4/c1-28-13-16(14-10-11-20(29)21(30)12-14)22(23(31)15-6-2-4-8-18(15)26)25(28)17-7-3-5-9-19(17)27-24(25)32/h2-12,16,22,29-30H,13H2,1H3,(H,27,32). The number of carbonyl (C=O) groups is 2. The van der Waals surface area contributed by atoms with Crippen LogP contribution in [0.3, 0.4) is 0 Å². The van der Waals surface area contributed by atoms with Gasteiger partial charge in [-0.2, -0.15) is 0 Å². The van der Waals surface area contributed by atoms with Crippen LogP contribution in [0.25, 0.3) is 0 Å².